The Morgan fingerprint density at radius 1 is 1.00 bits per heavy atom. The van der Waals surface area contributed by atoms with Crippen molar-refractivity contribution < 1.29 is 4.79 Å². The van der Waals surface area contributed by atoms with Crippen molar-refractivity contribution in [3.05, 3.63) is 77.6 Å². The van der Waals surface area contributed by atoms with E-state index < -0.39 is 0 Å². The van der Waals surface area contributed by atoms with Gasteiger partial charge in [-0.05, 0) is 30.7 Å². The van der Waals surface area contributed by atoms with Gasteiger partial charge in [0, 0.05) is 17.3 Å². The van der Waals surface area contributed by atoms with Crippen LogP contribution in [-0.2, 0) is 0 Å². The van der Waals surface area contributed by atoms with Crippen molar-refractivity contribution in [3.63, 3.8) is 0 Å². The molecule has 2 heteroatoms. The second-order valence-corrected chi connectivity index (χ2v) is 4.37. The van der Waals surface area contributed by atoms with Crippen LogP contribution in [0.3, 0.4) is 0 Å². The van der Waals surface area contributed by atoms with Crippen LogP contribution in [0.4, 0.5) is 0 Å². The standard InChI is InChI=1S/C16H13NO/c1-12-11-14-9-5-6-10-17(14)15(12)16(18)13-7-3-2-4-8-13/h2-11H,1H3. The number of hydrogen-bond acceptors (Lipinski definition) is 1. The third-order valence-corrected chi connectivity index (χ3v) is 3.12. The van der Waals surface area contributed by atoms with E-state index in [2.05, 4.69) is 0 Å². The van der Waals surface area contributed by atoms with Gasteiger partial charge in [0.2, 0.25) is 5.78 Å². The molecule has 0 saturated heterocycles. The molecule has 0 aliphatic heterocycles. The van der Waals surface area contributed by atoms with Crippen molar-refractivity contribution in [2.45, 2.75) is 6.92 Å². The molecular weight excluding hydrogens is 222 g/mol. The number of rotatable bonds is 2. The predicted octanol–water partition coefficient (Wildman–Crippen LogP) is 3.48. The third kappa shape index (κ3) is 1.63. The van der Waals surface area contributed by atoms with Crippen LogP contribution in [0.1, 0.15) is 21.6 Å². The fourth-order valence-corrected chi connectivity index (χ4v) is 2.27. The van der Waals surface area contributed by atoms with Crippen LogP contribution in [0, 0.1) is 6.92 Å². The lowest BCUT2D eigenvalue weighted by Crippen LogP contribution is -2.06. The number of nitrogens with zero attached hydrogens (tertiary/aromatic N) is 1. The van der Waals surface area contributed by atoms with Gasteiger partial charge in [0.1, 0.15) is 0 Å². The van der Waals surface area contributed by atoms with E-state index in [1.807, 2.05) is 72.1 Å². The summed E-state index contributed by atoms with van der Waals surface area (Å²) in [6.45, 7) is 1.98. The zero-order valence-electron chi connectivity index (χ0n) is 10.1. The van der Waals surface area contributed by atoms with Gasteiger partial charge in [0.05, 0.1) is 5.69 Å². The van der Waals surface area contributed by atoms with Crippen molar-refractivity contribution in [2.75, 3.05) is 0 Å². The second kappa shape index (κ2) is 4.15. The van der Waals surface area contributed by atoms with Crippen LogP contribution in [0.5, 0.6) is 0 Å². The number of carbonyl (C=O) groups is 1. The minimum atomic E-state index is 0.0688. The largest absolute Gasteiger partial charge is 0.313 e. The Kier molecular flexibility index (Phi) is 2.49. The summed E-state index contributed by atoms with van der Waals surface area (Å²) in [4.78, 5) is 12.5. The number of ketones is 1. The Bertz CT molecular complexity index is 710. The van der Waals surface area contributed by atoms with Gasteiger partial charge in [-0.1, -0.05) is 36.4 Å². The predicted molar refractivity (Wildman–Crippen MR) is 72.0 cm³/mol. The number of hydrogen-bond donors (Lipinski definition) is 0. The van der Waals surface area contributed by atoms with Crippen molar-refractivity contribution in [2.24, 2.45) is 0 Å². The highest BCUT2D eigenvalue weighted by atomic mass is 16.1. The van der Waals surface area contributed by atoms with Crippen LogP contribution in [0.2, 0.25) is 0 Å². The number of fused-ring (bicyclic) bond motifs is 1. The first-order valence-electron chi connectivity index (χ1n) is 5.94. The van der Waals surface area contributed by atoms with E-state index in [0.717, 1.165) is 22.3 Å². The molecule has 0 saturated carbocycles. The second-order valence-electron chi connectivity index (χ2n) is 4.37. The Morgan fingerprint density at radius 3 is 2.50 bits per heavy atom. The molecule has 3 rings (SSSR count). The third-order valence-electron chi connectivity index (χ3n) is 3.12. The topological polar surface area (TPSA) is 21.5 Å². The molecule has 0 N–H and O–H groups in total. The van der Waals surface area contributed by atoms with Gasteiger partial charge in [0.25, 0.3) is 0 Å². The lowest BCUT2D eigenvalue weighted by atomic mass is 10.1. The Morgan fingerprint density at radius 2 is 1.72 bits per heavy atom. The summed E-state index contributed by atoms with van der Waals surface area (Å²) >= 11 is 0. The molecule has 1 aromatic carbocycles. The number of aryl methyl sites for hydroxylation is 1. The van der Waals surface area contributed by atoms with Gasteiger partial charge in [-0.25, -0.2) is 0 Å². The van der Waals surface area contributed by atoms with E-state index in [0.29, 0.717) is 0 Å². The highest BCUT2D eigenvalue weighted by molar-refractivity contribution is 6.09. The molecule has 2 heterocycles. The van der Waals surface area contributed by atoms with Crippen LogP contribution >= 0.6 is 0 Å². The monoisotopic (exact) mass is 235 g/mol. The maximum atomic E-state index is 12.5. The molecule has 18 heavy (non-hydrogen) atoms. The zero-order valence-corrected chi connectivity index (χ0v) is 10.1. The summed E-state index contributed by atoms with van der Waals surface area (Å²) in [5.41, 5.74) is 3.53. The molecule has 88 valence electrons. The molecule has 0 spiro atoms. The summed E-state index contributed by atoms with van der Waals surface area (Å²) < 4.78 is 1.95. The molecule has 0 aliphatic rings. The first-order chi connectivity index (χ1) is 8.77. The van der Waals surface area contributed by atoms with E-state index in [1.54, 1.807) is 0 Å². The highest BCUT2D eigenvalue weighted by Gasteiger charge is 2.15. The molecule has 0 radical (unpaired) electrons. The Labute approximate surface area is 105 Å². The van der Waals surface area contributed by atoms with Crippen molar-refractivity contribution in [1.82, 2.24) is 4.40 Å². The van der Waals surface area contributed by atoms with Gasteiger partial charge >= 0.3 is 0 Å². The first kappa shape index (κ1) is 10.8. The van der Waals surface area contributed by atoms with Crippen molar-refractivity contribution in [3.8, 4) is 0 Å². The maximum absolute atomic E-state index is 12.5. The smallest absolute Gasteiger partial charge is 0.210 e. The van der Waals surface area contributed by atoms with Crippen molar-refractivity contribution >= 4 is 11.3 Å². The molecule has 0 aliphatic carbocycles. The summed E-state index contributed by atoms with van der Waals surface area (Å²) in [5.74, 6) is 0.0688. The van der Waals surface area contributed by atoms with Crippen molar-refractivity contribution in [1.29, 1.82) is 0 Å². The van der Waals surface area contributed by atoms with Crippen LogP contribution in [-0.4, -0.2) is 10.2 Å². The lowest BCUT2D eigenvalue weighted by molar-refractivity contribution is 0.103. The highest BCUT2D eigenvalue weighted by Crippen LogP contribution is 2.19. The normalized spacial score (nSPS) is 10.7. The SMILES string of the molecule is Cc1cc2ccccn2c1C(=O)c1ccccc1. The summed E-state index contributed by atoms with van der Waals surface area (Å²) in [7, 11) is 0. The first-order valence-corrected chi connectivity index (χ1v) is 5.94. The fraction of sp³-hybridized carbons (Fsp3) is 0.0625. The minimum absolute atomic E-state index is 0.0688. The molecule has 3 aromatic rings. The van der Waals surface area contributed by atoms with E-state index in [4.69, 9.17) is 0 Å². The van der Waals surface area contributed by atoms with E-state index in [1.165, 1.54) is 0 Å². The molecule has 2 aromatic heterocycles. The number of pyridine rings is 1. The fourth-order valence-electron chi connectivity index (χ4n) is 2.27. The molecule has 0 bridgehead atoms. The summed E-state index contributed by atoms with van der Waals surface area (Å²) in [6, 6.07) is 17.4. The Hall–Kier alpha value is -2.35. The van der Waals surface area contributed by atoms with Crippen LogP contribution in [0.15, 0.2) is 60.8 Å². The molecular formula is C16H13NO. The average molecular weight is 235 g/mol. The molecule has 0 fully saturated rings. The van der Waals surface area contributed by atoms with E-state index in [9.17, 15) is 4.79 Å². The Balaban J connectivity index is 2.21. The number of aromatic nitrogens is 1. The van der Waals surface area contributed by atoms with E-state index >= 15 is 0 Å². The van der Waals surface area contributed by atoms with Crippen LogP contribution < -0.4 is 0 Å². The summed E-state index contributed by atoms with van der Waals surface area (Å²) in [6.07, 6.45) is 1.93. The molecule has 0 unspecified atom stereocenters. The molecule has 0 atom stereocenters. The molecule has 2 nitrogen and oxygen atoms in total. The minimum Gasteiger partial charge on any atom is -0.313 e. The van der Waals surface area contributed by atoms with Gasteiger partial charge < -0.3 is 4.40 Å². The van der Waals surface area contributed by atoms with Gasteiger partial charge in [-0.2, -0.15) is 0 Å². The van der Waals surface area contributed by atoms with Gasteiger partial charge in [-0.15, -0.1) is 0 Å². The van der Waals surface area contributed by atoms with E-state index in [-0.39, 0.29) is 5.78 Å². The molecule has 0 amide bonds. The van der Waals surface area contributed by atoms with Gasteiger partial charge in [-0.3, -0.25) is 4.79 Å². The number of carbonyl (C=O) groups excluding carboxylic acids is 1. The average Bonchev–Trinajstić information content (AvgIpc) is 2.75. The van der Waals surface area contributed by atoms with Crippen LogP contribution in [0.25, 0.3) is 5.52 Å². The quantitative estimate of drug-likeness (QED) is 0.623. The lowest BCUT2D eigenvalue weighted by Gasteiger charge is -2.03. The number of benzene rings is 1. The van der Waals surface area contributed by atoms with Gasteiger partial charge in [0.15, 0.2) is 0 Å². The maximum Gasteiger partial charge on any atom is 0.210 e. The summed E-state index contributed by atoms with van der Waals surface area (Å²) in [5, 5.41) is 0. The zero-order chi connectivity index (χ0) is 12.5.